The van der Waals surface area contributed by atoms with E-state index in [1.807, 2.05) is 0 Å². The summed E-state index contributed by atoms with van der Waals surface area (Å²) in [6.07, 6.45) is -3.62. The van der Waals surface area contributed by atoms with E-state index in [9.17, 15) is 18.0 Å². The molecule has 1 amide bonds. The molecule has 1 aliphatic rings. The Morgan fingerprint density at radius 3 is 2.79 bits per heavy atom. The van der Waals surface area contributed by atoms with E-state index in [1.165, 1.54) is 0 Å². The standard InChI is InChI=1S/C16H14F3N3O2/c17-16(18,19)14-4-1-10(9-21-14)15(23)22-12-2-3-13-11(7-12)8-20-5-6-24-13/h1-4,7,9,20H,5-6,8H2,(H,22,23). The zero-order chi connectivity index (χ0) is 17.2. The Morgan fingerprint density at radius 2 is 2.08 bits per heavy atom. The van der Waals surface area contributed by atoms with Crippen molar-refractivity contribution in [2.24, 2.45) is 0 Å². The Kier molecular flexibility index (Phi) is 4.39. The molecule has 0 radical (unpaired) electrons. The Morgan fingerprint density at radius 1 is 1.25 bits per heavy atom. The van der Waals surface area contributed by atoms with Gasteiger partial charge in [0.15, 0.2) is 0 Å². The molecule has 2 heterocycles. The Balaban J connectivity index is 1.74. The zero-order valence-electron chi connectivity index (χ0n) is 12.5. The van der Waals surface area contributed by atoms with Crippen LogP contribution in [0, 0.1) is 0 Å². The molecule has 0 atom stereocenters. The number of pyridine rings is 1. The molecule has 0 unspecified atom stereocenters. The van der Waals surface area contributed by atoms with Gasteiger partial charge in [0.1, 0.15) is 18.1 Å². The normalized spacial score (nSPS) is 14.3. The van der Waals surface area contributed by atoms with E-state index in [1.54, 1.807) is 18.2 Å². The van der Waals surface area contributed by atoms with Crippen LogP contribution in [0.5, 0.6) is 5.75 Å². The fourth-order valence-electron chi connectivity index (χ4n) is 2.29. The molecule has 1 aromatic heterocycles. The van der Waals surface area contributed by atoms with Gasteiger partial charge in [-0.15, -0.1) is 0 Å². The fourth-order valence-corrected chi connectivity index (χ4v) is 2.29. The lowest BCUT2D eigenvalue weighted by molar-refractivity contribution is -0.141. The molecule has 0 fully saturated rings. The number of hydrogen-bond donors (Lipinski definition) is 2. The minimum absolute atomic E-state index is 0.0484. The lowest BCUT2D eigenvalue weighted by atomic mass is 10.1. The van der Waals surface area contributed by atoms with Gasteiger partial charge in [-0.1, -0.05) is 0 Å². The Hall–Kier alpha value is -2.61. The SMILES string of the molecule is O=C(Nc1ccc2c(c1)CNCCO2)c1ccc(C(F)(F)F)nc1. The molecule has 126 valence electrons. The monoisotopic (exact) mass is 337 g/mol. The minimum Gasteiger partial charge on any atom is -0.492 e. The third-order valence-corrected chi connectivity index (χ3v) is 3.49. The number of hydrogen-bond acceptors (Lipinski definition) is 4. The van der Waals surface area contributed by atoms with Crippen LogP contribution in [0.3, 0.4) is 0 Å². The maximum absolute atomic E-state index is 12.5. The van der Waals surface area contributed by atoms with Gasteiger partial charge in [-0.3, -0.25) is 9.78 Å². The number of benzene rings is 1. The van der Waals surface area contributed by atoms with Crippen LogP contribution in [0.25, 0.3) is 0 Å². The summed E-state index contributed by atoms with van der Waals surface area (Å²) in [6, 6.07) is 7.08. The number of aromatic nitrogens is 1. The number of amides is 1. The van der Waals surface area contributed by atoms with Crippen molar-refractivity contribution in [2.45, 2.75) is 12.7 Å². The van der Waals surface area contributed by atoms with Crippen molar-refractivity contribution in [2.75, 3.05) is 18.5 Å². The first kappa shape index (κ1) is 16.3. The summed E-state index contributed by atoms with van der Waals surface area (Å²) in [6.45, 7) is 1.91. The quantitative estimate of drug-likeness (QED) is 0.885. The number of alkyl halides is 3. The van der Waals surface area contributed by atoms with Crippen molar-refractivity contribution in [3.05, 3.63) is 53.3 Å². The van der Waals surface area contributed by atoms with E-state index < -0.39 is 17.8 Å². The van der Waals surface area contributed by atoms with Gasteiger partial charge in [0.2, 0.25) is 0 Å². The van der Waals surface area contributed by atoms with E-state index in [0.29, 0.717) is 18.8 Å². The third-order valence-electron chi connectivity index (χ3n) is 3.49. The van der Waals surface area contributed by atoms with Gasteiger partial charge in [-0.25, -0.2) is 0 Å². The molecule has 0 saturated heterocycles. The van der Waals surface area contributed by atoms with E-state index in [-0.39, 0.29) is 5.56 Å². The van der Waals surface area contributed by atoms with Crippen LogP contribution in [0.15, 0.2) is 36.5 Å². The molecule has 8 heteroatoms. The Labute approximate surface area is 135 Å². The highest BCUT2D eigenvalue weighted by atomic mass is 19.4. The molecule has 0 saturated carbocycles. The van der Waals surface area contributed by atoms with Gasteiger partial charge in [-0.05, 0) is 30.3 Å². The van der Waals surface area contributed by atoms with Gasteiger partial charge in [0.05, 0.1) is 5.56 Å². The summed E-state index contributed by atoms with van der Waals surface area (Å²) >= 11 is 0. The fraction of sp³-hybridized carbons (Fsp3) is 0.250. The van der Waals surface area contributed by atoms with Crippen molar-refractivity contribution >= 4 is 11.6 Å². The lowest BCUT2D eigenvalue weighted by Gasteiger charge is -2.11. The van der Waals surface area contributed by atoms with Crippen LogP contribution in [0.1, 0.15) is 21.6 Å². The maximum atomic E-state index is 12.5. The number of ether oxygens (including phenoxy) is 1. The number of nitrogens with one attached hydrogen (secondary N) is 2. The van der Waals surface area contributed by atoms with Gasteiger partial charge in [0, 0.05) is 30.5 Å². The van der Waals surface area contributed by atoms with Crippen molar-refractivity contribution in [3.8, 4) is 5.75 Å². The molecule has 24 heavy (non-hydrogen) atoms. The molecule has 2 N–H and O–H groups in total. The first-order valence-electron chi connectivity index (χ1n) is 7.24. The topological polar surface area (TPSA) is 63.2 Å². The highest BCUT2D eigenvalue weighted by Crippen LogP contribution is 2.27. The van der Waals surface area contributed by atoms with E-state index in [4.69, 9.17) is 4.74 Å². The number of anilines is 1. The predicted molar refractivity (Wildman–Crippen MR) is 80.8 cm³/mol. The number of carbonyl (C=O) groups excluding carboxylic acids is 1. The summed E-state index contributed by atoms with van der Waals surface area (Å²) in [5, 5.41) is 5.83. The summed E-state index contributed by atoms with van der Waals surface area (Å²) in [4.78, 5) is 15.4. The second-order valence-corrected chi connectivity index (χ2v) is 5.23. The first-order chi connectivity index (χ1) is 11.4. The summed E-state index contributed by atoms with van der Waals surface area (Å²) in [5.41, 5.74) is 0.446. The summed E-state index contributed by atoms with van der Waals surface area (Å²) in [7, 11) is 0. The van der Waals surface area contributed by atoms with E-state index in [0.717, 1.165) is 36.2 Å². The predicted octanol–water partition coefficient (Wildman–Crippen LogP) is 2.83. The highest BCUT2D eigenvalue weighted by molar-refractivity contribution is 6.04. The van der Waals surface area contributed by atoms with Crippen molar-refractivity contribution < 1.29 is 22.7 Å². The average molecular weight is 337 g/mol. The second-order valence-electron chi connectivity index (χ2n) is 5.23. The molecular formula is C16H14F3N3O2. The lowest BCUT2D eigenvalue weighted by Crippen LogP contribution is -2.16. The molecular weight excluding hydrogens is 323 g/mol. The van der Waals surface area contributed by atoms with Crippen LogP contribution in [0.2, 0.25) is 0 Å². The van der Waals surface area contributed by atoms with Crippen LogP contribution in [-0.2, 0) is 12.7 Å². The van der Waals surface area contributed by atoms with Gasteiger partial charge in [-0.2, -0.15) is 13.2 Å². The molecule has 0 bridgehead atoms. The summed E-state index contributed by atoms with van der Waals surface area (Å²) in [5.74, 6) is 0.216. The van der Waals surface area contributed by atoms with Crippen molar-refractivity contribution in [1.29, 1.82) is 0 Å². The van der Waals surface area contributed by atoms with Crippen LogP contribution in [0.4, 0.5) is 18.9 Å². The third kappa shape index (κ3) is 3.65. The van der Waals surface area contributed by atoms with Crippen molar-refractivity contribution in [1.82, 2.24) is 10.3 Å². The maximum Gasteiger partial charge on any atom is 0.433 e. The zero-order valence-corrected chi connectivity index (χ0v) is 12.5. The van der Waals surface area contributed by atoms with Crippen molar-refractivity contribution in [3.63, 3.8) is 0 Å². The first-order valence-corrected chi connectivity index (χ1v) is 7.24. The van der Waals surface area contributed by atoms with Gasteiger partial charge < -0.3 is 15.4 Å². The van der Waals surface area contributed by atoms with Crippen LogP contribution < -0.4 is 15.4 Å². The van der Waals surface area contributed by atoms with Crippen LogP contribution in [-0.4, -0.2) is 24.0 Å². The number of rotatable bonds is 2. The molecule has 1 aliphatic heterocycles. The van der Waals surface area contributed by atoms with Gasteiger partial charge in [0.25, 0.3) is 5.91 Å². The average Bonchev–Trinajstić information content (AvgIpc) is 2.79. The van der Waals surface area contributed by atoms with E-state index >= 15 is 0 Å². The molecule has 5 nitrogen and oxygen atoms in total. The van der Waals surface area contributed by atoms with Crippen LogP contribution >= 0.6 is 0 Å². The molecule has 2 aromatic rings. The molecule has 1 aromatic carbocycles. The number of carbonyl (C=O) groups is 1. The van der Waals surface area contributed by atoms with Gasteiger partial charge >= 0.3 is 6.18 Å². The summed E-state index contributed by atoms with van der Waals surface area (Å²) < 4.78 is 43.0. The Bertz CT molecular complexity index is 745. The number of nitrogens with zero attached hydrogens (tertiary/aromatic N) is 1. The number of fused-ring (bicyclic) bond motifs is 1. The smallest absolute Gasteiger partial charge is 0.433 e. The second kappa shape index (κ2) is 6.48. The molecule has 0 aliphatic carbocycles. The molecule has 0 spiro atoms. The molecule has 3 rings (SSSR count). The highest BCUT2D eigenvalue weighted by Gasteiger charge is 2.32. The number of halogens is 3. The minimum atomic E-state index is -4.53. The van der Waals surface area contributed by atoms with E-state index in [2.05, 4.69) is 15.6 Å². The largest absolute Gasteiger partial charge is 0.492 e.